The molecule has 0 radical (unpaired) electrons. The number of hydrogen-bond acceptors (Lipinski definition) is 3. The van der Waals surface area contributed by atoms with E-state index in [0.29, 0.717) is 16.9 Å². The molecule has 0 aliphatic heterocycles. The van der Waals surface area contributed by atoms with E-state index in [0.717, 1.165) is 15.4 Å². The highest BCUT2D eigenvalue weighted by Gasteiger charge is 2.22. The quantitative estimate of drug-likeness (QED) is 0.622. The third-order valence-electron chi connectivity index (χ3n) is 4.49. The Hall–Kier alpha value is -2.86. The molecule has 2 heterocycles. The zero-order valence-corrected chi connectivity index (χ0v) is 17.6. The van der Waals surface area contributed by atoms with Gasteiger partial charge in [0.05, 0.1) is 5.56 Å². The first-order chi connectivity index (χ1) is 13.2. The molecule has 0 atom stereocenters. The number of benzene rings is 1. The van der Waals surface area contributed by atoms with Crippen molar-refractivity contribution in [2.24, 2.45) is 5.41 Å². The number of carbonyl (C=O) groups excluding carboxylic acids is 2. The fourth-order valence-corrected chi connectivity index (χ4v) is 3.84. The average Bonchev–Trinajstić information content (AvgIpc) is 3.23. The standard InChI is InChI=1S/C22H25N3O2S/c1-14-15(2)28-20(25-11-6-7-12-25)18(14)19(26)23-16-9-8-10-17(13-16)24-21(27)22(3,4)5/h6-13H,1-5H3,(H,23,26)(H,24,27). The lowest BCUT2D eigenvalue weighted by molar-refractivity contribution is -0.123. The second-order valence-electron chi connectivity index (χ2n) is 7.79. The van der Waals surface area contributed by atoms with Crippen LogP contribution in [-0.4, -0.2) is 16.4 Å². The van der Waals surface area contributed by atoms with Crippen molar-refractivity contribution in [1.29, 1.82) is 0 Å². The monoisotopic (exact) mass is 395 g/mol. The Morgan fingerprint density at radius 3 is 2.18 bits per heavy atom. The molecule has 0 aliphatic rings. The van der Waals surface area contributed by atoms with Crippen LogP contribution in [0.25, 0.3) is 5.00 Å². The first kappa shape index (κ1) is 19.9. The molecule has 0 spiro atoms. The van der Waals surface area contributed by atoms with Crippen LogP contribution in [0.1, 0.15) is 41.6 Å². The molecule has 0 saturated heterocycles. The van der Waals surface area contributed by atoms with Gasteiger partial charge < -0.3 is 15.2 Å². The van der Waals surface area contributed by atoms with Gasteiger partial charge in [0.1, 0.15) is 5.00 Å². The third kappa shape index (κ3) is 4.17. The van der Waals surface area contributed by atoms with Crippen LogP contribution < -0.4 is 10.6 Å². The number of anilines is 2. The molecule has 3 aromatic rings. The second kappa shape index (κ2) is 7.64. The van der Waals surface area contributed by atoms with Gasteiger partial charge in [-0.15, -0.1) is 11.3 Å². The van der Waals surface area contributed by atoms with Crippen molar-refractivity contribution in [3.05, 3.63) is 64.8 Å². The molecular weight excluding hydrogens is 370 g/mol. The van der Waals surface area contributed by atoms with Crippen molar-refractivity contribution >= 4 is 34.5 Å². The lowest BCUT2D eigenvalue weighted by Crippen LogP contribution is -2.27. The maximum Gasteiger partial charge on any atom is 0.258 e. The zero-order valence-electron chi connectivity index (χ0n) is 16.8. The average molecular weight is 396 g/mol. The summed E-state index contributed by atoms with van der Waals surface area (Å²) in [4.78, 5) is 26.4. The number of nitrogens with one attached hydrogen (secondary N) is 2. The van der Waals surface area contributed by atoms with Gasteiger partial charge in [-0.05, 0) is 49.7 Å². The summed E-state index contributed by atoms with van der Waals surface area (Å²) in [6.45, 7) is 9.56. The minimum atomic E-state index is -0.490. The van der Waals surface area contributed by atoms with Crippen molar-refractivity contribution in [2.75, 3.05) is 10.6 Å². The minimum absolute atomic E-state index is 0.0739. The van der Waals surface area contributed by atoms with E-state index < -0.39 is 5.41 Å². The van der Waals surface area contributed by atoms with Crippen LogP contribution in [0.5, 0.6) is 0 Å². The molecule has 0 bridgehead atoms. The number of amides is 2. The fourth-order valence-electron chi connectivity index (χ4n) is 2.72. The second-order valence-corrected chi connectivity index (χ2v) is 9.00. The summed E-state index contributed by atoms with van der Waals surface area (Å²) >= 11 is 1.60. The zero-order chi connectivity index (χ0) is 20.5. The molecule has 28 heavy (non-hydrogen) atoms. The number of rotatable bonds is 4. The van der Waals surface area contributed by atoms with Crippen LogP contribution in [0.3, 0.4) is 0 Å². The molecule has 1 aromatic carbocycles. The summed E-state index contributed by atoms with van der Waals surface area (Å²) in [5.41, 5.74) is 2.45. The van der Waals surface area contributed by atoms with E-state index in [1.807, 2.05) is 81.9 Å². The molecule has 0 saturated carbocycles. The van der Waals surface area contributed by atoms with Gasteiger partial charge in [-0.2, -0.15) is 0 Å². The molecule has 5 nitrogen and oxygen atoms in total. The number of nitrogens with zero attached hydrogens (tertiary/aromatic N) is 1. The molecule has 0 unspecified atom stereocenters. The van der Waals surface area contributed by atoms with Crippen LogP contribution in [0.15, 0.2) is 48.8 Å². The Morgan fingerprint density at radius 1 is 0.964 bits per heavy atom. The molecular formula is C22H25N3O2S. The highest BCUT2D eigenvalue weighted by Crippen LogP contribution is 2.32. The van der Waals surface area contributed by atoms with Crippen molar-refractivity contribution in [2.45, 2.75) is 34.6 Å². The van der Waals surface area contributed by atoms with Crippen molar-refractivity contribution in [3.63, 3.8) is 0 Å². The predicted octanol–water partition coefficient (Wildman–Crippen LogP) is 5.39. The van der Waals surface area contributed by atoms with E-state index in [1.54, 1.807) is 17.4 Å². The Labute approximate surface area is 169 Å². The van der Waals surface area contributed by atoms with Crippen molar-refractivity contribution in [3.8, 4) is 5.00 Å². The number of aromatic nitrogens is 1. The van der Waals surface area contributed by atoms with Gasteiger partial charge in [-0.1, -0.05) is 26.8 Å². The predicted molar refractivity (Wildman–Crippen MR) is 116 cm³/mol. The Kier molecular flexibility index (Phi) is 5.42. The summed E-state index contributed by atoms with van der Waals surface area (Å²) in [5.74, 6) is -0.236. The Morgan fingerprint density at radius 2 is 1.57 bits per heavy atom. The maximum absolute atomic E-state index is 13.1. The van der Waals surface area contributed by atoms with Gasteiger partial charge in [-0.25, -0.2) is 0 Å². The summed E-state index contributed by atoms with van der Waals surface area (Å²) in [5, 5.41) is 6.76. The minimum Gasteiger partial charge on any atom is -0.326 e. The topological polar surface area (TPSA) is 63.1 Å². The van der Waals surface area contributed by atoms with Gasteiger partial charge in [0, 0.05) is 34.1 Å². The SMILES string of the molecule is Cc1sc(-n2cccc2)c(C(=O)Nc2cccc(NC(=O)C(C)(C)C)c2)c1C. The van der Waals surface area contributed by atoms with E-state index in [1.165, 1.54) is 0 Å². The lowest BCUT2D eigenvalue weighted by atomic mass is 9.95. The molecule has 2 aromatic heterocycles. The summed E-state index contributed by atoms with van der Waals surface area (Å²) in [6.07, 6.45) is 3.87. The molecule has 2 N–H and O–H groups in total. The number of carbonyl (C=O) groups is 2. The number of thiophene rings is 1. The molecule has 0 fully saturated rings. The summed E-state index contributed by atoms with van der Waals surface area (Å²) in [7, 11) is 0. The first-order valence-electron chi connectivity index (χ1n) is 9.13. The van der Waals surface area contributed by atoms with E-state index in [9.17, 15) is 9.59 Å². The highest BCUT2D eigenvalue weighted by atomic mass is 32.1. The van der Waals surface area contributed by atoms with Gasteiger partial charge >= 0.3 is 0 Å². The highest BCUT2D eigenvalue weighted by molar-refractivity contribution is 7.15. The lowest BCUT2D eigenvalue weighted by Gasteiger charge is -2.18. The van der Waals surface area contributed by atoms with Crippen LogP contribution in [-0.2, 0) is 4.79 Å². The van der Waals surface area contributed by atoms with Gasteiger partial charge in [0.15, 0.2) is 0 Å². The summed E-state index contributed by atoms with van der Waals surface area (Å²) in [6, 6.07) is 11.1. The molecule has 3 rings (SSSR count). The molecule has 146 valence electrons. The van der Waals surface area contributed by atoms with Gasteiger partial charge in [-0.3, -0.25) is 9.59 Å². The van der Waals surface area contributed by atoms with E-state index in [4.69, 9.17) is 0 Å². The van der Waals surface area contributed by atoms with E-state index in [2.05, 4.69) is 10.6 Å². The molecule has 2 amide bonds. The molecule has 6 heteroatoms. The normalized spacial score (nSPS) is 11.3. The van der Waals surface area contributed by atoms with E-state index in [-0.39, 0.29) is 11.8 Å². The smallest absolute Gasteiger partial charge is 0.258 e. The van der Waals surface area contributed by atoms with Crippen molar-refractivity contribution < 1.29 is 9.59 Å². The first-order valence-corrected chi connectivity index (χ1v) is 9.94. The Bertz CT molecular complexity index is 1010. The van der Waals surface area contributed by atoms with Crippen LogP contribution in [0.2, 0.25) is 0 Å². The molecule has 0 aliphatic carbocycles. The van der Waals surface area contributed by atoms with E-state index >= 15 is 0 Å². The maximum atomic E-state index is 13.1. The number of aryl methyl sites for hydroxylation is 1. The number of hydrogen-bond donors (Lipinski definition) is 2. The van der Waals surface area contributed by atoms with Gasteiger partial charge in [0.2, 0.25) is 5.91 Å². The van der Waals surface area contributed by atoms with Gasteiger partial charge in [0.25, 0.3) is 5.91 Å². The van der Waals surface area contributed by atoms with Crippen molar-refractivity contribution in [1.82, 2.24) is 4.57 Å². The van der Waals surface area contributed by atoms with Crippen LogP contribution in [0.4, 0.5) is 11.4 Å². The summed E-state index contributed by atoms with van der Waals surface area (Å²) < 4.78 is 1.96. The third-order valence-corrected chi connectivity index (χ3v) is 5.71. The Balaban J connectivity index is 1.85. The largest absolute Gasteiger partial charge is 0.326 e. The van der Waals surface area contributed by atoms with Crippen LogP contribution >= 0.6 is 11.3 Å². The van der Waals surface area contributed by atoms with Crippen LogP contribution in [0, 0.1) is 19.3 Å². The fraction of sp³-hybridized carbons (Fsp3) is 0.273.